The van der Waals surface area contributed by atoms with Crippen molar-refractivity contribution in [3.05, 3.63) is 78.4 Å². The van der Waals surface area contributed by atoms with Crippen LogP contribution in [0.5, 0.6) is 5.75 Å². The van der Waals surface area contributed by atoms with E-state index in [1.165, 1.54) is 25.7 Å². The molecule has 2 aromatic rings. The molecular formula is C30H36F2O. The van der Waals surface area contributed by atoms with Crippen molar-refractivity contribution >= 4 is 0 Å². The van der Waals surface area contributed by atoms with Gasteiger partial charge in [0.1, 0.15) is 12.4 Å². The Morgan fingerprint density at radius 1 is 0.939 bits per heavy atom. The fraction of sp³-hybridized carbons (Fsp3) is 0.467. The van der Waals surface area contributed by atoms with Gasteiger partial charge in [-0.2, -0.15) is 0 Å². The number of allylic oxidation sites excluding steroid dienone is 2. The highest BCUT2D eigenvalue weighted by Crippen LogP contribution is 2.49. The summed E-state index contributed by atoms with van der Waals surface area (Å²) in [6.45, 7) is 6.29. The summed E-state index contributed by atoms with van der Waals surface area (Å²) in [4.78, 5) is 0. The van der Waals surface area contributed by atoms with Gasteiger partial charge in [-0.05, 0) is 98.8 Å². The van der Waals surface area contributed by atoms with Crippen LogP contribution < -0.4 is 4.74 Å². The molecule has 2 aliphatic carbocycles. The molecule has 2 fully saturated rings. The Bertz CT molecular complexity index is 962. The summed E-state index contributed by atoms with van der Waals surface area (Å²) in [7, 11) is 0. The number of hydrogen-bond acceptors (Lipinski definition) is 1. The molecule has 0 aromatic heterocycles. The summed E-state index contributed by atoms with van der Waals surface area (Å²) >= 11 is 0. The van der Waals surface area contributed by atoms with E-state index in [1.54, 1.807) is 30.3 Å². The normalized spacial score (nSPS) is 25.1. The summed E-state index contributed by atoms with van der Waals surface area (Å²) in [5.74, 6) is 1.67. The summed E-state index contributed by atoms with van der Waals surface area (Å²) in [6.07, 6.45) is 15.1. The first kappa shape index (κ1) is 23.7. The van der Waals surface area contributed by atoms with Crippen LogP contribution in [0.3, 0.4) is 0 Å². The van der Waals surface area contributed by atoms with Gasteiger partial charge >= 0.3 is 0 Å². The van der Waals surface area contributed by atoms with Crippen molar-refractivity contribution in [2.75, 3.05) is 6.61 Å². The third-order valence-electron chi connectivity index (χ3n) is 7.80. The molecule has 0 N–H and O–H groups in total. The summed E-state index contributed by atoms with van der Waals surface area (Å²) in [5.41, 5.74) is 1.54. The first-order valence-electron chi connectivity index (χ1n) is 12.5. The predicted molar refractivity (Wildman–Crippen MR) is 132 cm³/mol. The van der Waals surface area contributed by atoms with Crippen LogP contribution in [-0.2, 0) is 0 Å². The van der Waals surface area contributed by atoms with Crippen LogP contribution in [0.1, 0.15) is 69.8 Å². The highest BCUT2D eigenvalue weighted by atomic mass is 19.2. The lowest BCUT2D eigenvalue weighted by atomic mass is 9.63. The largest absolute Gasteiger partial charge is 0.490 e. The van der Waals surface area contributed by atoms with Crippen molar-refractivity contribution in [3.8, 4) is 16.9 Å². The van der Waals surface area contributed by atoms with Crippen LogP contribution in [0.2, 0.25) is 0 Å². The predicted octanol–water partition coefficient (Wildman–Crippen LogP) is 8.85. The Kier molecular flexibility index (Phi) is 8.01. The molecule has 4 unspecified atom stereocenters. The van der Waals surface area contributed by atoms with Gasteiger partial charge in [0.15, 0.2) is 11.6 Å². The van der Waals surface area contributed by atoms with E-state index in [-0.39, 0.29) is 5.92 Å². The summed E-state index contributed by atoms with van der Waals surface area (Å²) in [5, 5.41) is 0. The smallest absolute Gasteiger partial charge is 0.166 e. The van der Waals surface area contributed by atoms with Gasteiger partial charge in [0.25, 0.3) is 0 Å². The lowest BCUT2D eigenvalue weighted by molar-refractivity contribution is 0.114. The minimum absolute atomic E-state index is 0.127. The maximum Gasteiger partial charge on any atom is 0.166 e. The summed E-state index contributed by atoms with van der Waals surface area (Å²) in [6, 6.07) is 10.8. The number of benzene rings is 2. The molecular weight excluding hydrogens is 414 g/mol. The van der Waals surface area contributed by atoms with Gasteiger partial charge in [0, 0.05) is 5.56 Å². The number of fused-ring (bicyclic) bond motifs is 1. The first-order valence-corrected chi connectivity index (χ1v) is 12.5. The molecule has 1 nitrogen and oxygen atoms in total. The molecule has 0 heterocycles. The highest BCUT2D eigenvalue weighted by molar-refractivity contribution is 5.65. The van der Waals surface area contributed by atoms with Crippen LogP contribution in [0.4, 0.5) is 8.78 Å². The Balaban J connectivity index is 1.43. The molecule has 0 radical (unpaired) electrons. The van der Waals surface area contributed by atoms with E-state index in [1.807, 2.05) is 31.2 Å². The molecule has 2 aliphatic rings. The molecule has 176 valence electrons. The lowest BCUT2D eigenvalue weighted by Crippen LogP contribution is -2.30. The van der Waals surface area contributed by atoms with Gasteiger partial charge in [0.05, 0.1) is 0 Å². The zero-order valence-corrected chi connectivity index (χ0v) is 19.7. The molecule has 4 atom stereocenters. The van der Waals surface area contributed by atoms with Crippen LogP contribution >= 0.6 is 0 Å². The quantitative estimate of drug-likeness (QED) is 0.365. The maximum atomic E-state index is 15.2. The maximum absolute atomic E-state index is 15.2. The molecule has 4 rings (SSSR count). The third kappa shape index (κ3) is 5.57. The van der Waals surface area contributed by atoms with Gasteiger partial charge in [-0.1, -0.05) is 48.9 Å². The van der Waals surface area contributed by atoms with E-state index in [0.717, 1.165) is 37.5 Å². The van der Waals surface area contributed by atoms with Crippen LogP contribution in [0, 0.1) is 29.4 Å². The average molecular weight is 451 g/mol. The first-order chi connectivity index (χ1) is 16.1. The number of halogens is 2. The van der Waals surface area contributed by atoms with E-state index >= 15 is 8.78 Å². The molecule has 3 heteroatoms. The van der Waals surface area contributed by atoms with Gasteiger partial charge in [-0.15, -0.1) is 6.58 Å². The second-order valence-corrected chi connectivity index (χ2v) is 9.81. The zero-order valence-electron chi connectivity index (χ0n) is 19.7. The van der Waals surface area contributed by atoms with Crippen molar-refractivity contribution in [1.82, 2.24) is 0 Å². The van der Waals surface area contributed by atoms with Crippen molar-refractivity contribution < 1.29 is 13.5 Å². The average Bonchev–Trinajstić information content (AvgIpc) is 2.85. The Hall–Kier alpha value is -2.42. The minimum Gasteiger partial charge on any atom is -0.490 e. The number of rotatable bonds is 8. The van der Waals surface area contributed by atoms with E-state index < -0.39 is 11.6 Å². The van der Waals surface area contributed by atoms with Crippen molar-refractivity contribution in [2.24, 2.45) is 17.8 Å². The van der Waals surface area contributed by atoms with Gasteiger partial charge < -0.3 is 4.74 Å². The van der Waals surface area contributed by atoms with E-state index in [9.17, 15) is 0 Å². The monoisotopic (exact) mass is 450 g/mol. The fourth-order valence-electron chi connectivity index (χ4n) is 5.96. The van der Waals surface area contributed by atoms with Crippen LogP contribution in [-0.4, -0.2) is 6.61 Å². The Morgan fingerprint density at radius 2 is 1.70 bits per heavy atom. The Morgan fingerprint density at radius 3 is 2.45 bits per heavy atom. The zero-order chi connectivity index (χ0) is 23.2. The van der Waals surface area contributed by atoms with Gasteiger partial charge in [0.2, 0.25) is 0 Å². The SMILES string of the molecule is C=CCCC1CCC2CC(c3ccc(-c4ccc(OC/C=C/C)cc4)c(F)c3F)CCC2C1. The molecule has 0 spiro atoms. The Labute approximate surface area is 197 Å². The molecule has 0 aliphatic heterocycles. The topological polar surface area (TPSA) is 9.23 Å². The van der Waals surface area contributed by atoms with E-state index in [4.69, 9.17) is 4.74 Å². The summed E-state index contributed by atoms with van der Waals surface area (Å²) < 4.78 is 36.0. The second kappa shape index (κ2) is 11.1. The van der Waals surface area contributed by atoms with E-state index in [2.05, 4.69) is 6.58 Å². The number of ether oxygens (including phenoxy) is 1. The minimum atomic E-state index is -0.731. The van der Waals surface area contributed by atoms with Gasteiger partial charge in [-0.3, -0.25) is 0 Å². The standard InChI is InChI=1S/C30H36F2O/c1-3-5-7-21-8-9-24-20-25(11-10-23(24)19-21)28-17-16-27(29(31)30(28)32)22-12-14-26(15-13-22)33-18-6-4-2/h3-4,6,12-17,21,23-25H,1,5,7-11,18-20H2,2H3/b6-4+. The van der Waals surface area contributed by atoms with E-state index in [0.29, 0.717) is 35.0 Å². The second-order valence-electron chi connectivity index (χ2n) is 9.81. The lowest BCUT2D eigenvalue weighted by Gasteiger charge is -2.42. The van der Waals surface area contributed by atoms with Crippen molar-refractivity contribution in [3.63, 3.8) is 0 Å². The molecule has 2 saturated carbocycles. The molecule has 0 bridgehead atoms. The van der Waals surface area contributed by atoms with Crippen molar-refractivity contribution in [1.29, 1.82) is 0 Å². The number of hydrogen-bond donors (Lipinski definition) is 0. The molecule has 33 heavy (non-hydrogen) atoms. The molecule has 2 aromatic carbocycles. The van der Waals surface area contributed by atoms with Gasteiger partial charge in [-0.25, -0.2) is 8.78 Å². The van der Waals surface area contributed by atoms with Crippen LogP contribution in [0.25, 0.3) is 11.1 Å². The van der Waals surface area contributed by atoms with Crippen molar-refractivity contribution in [2.45, 2.75) is 64.2 Å². The molecule has 0 saturated heterocycles. The van der Waals surface area contributed by atoms with Crippen LogP contribution in [0.15, 0.2) is 61.2 Å². The third-order valence-corrected chi connectivity index (χ3v) is 7.80. The fourth-order valence-corrected chi connectivity index (χ4v) is 5.96. The molecule has 0 amide bonds. The highest BCUT2D eigenvalue weighted by Gasteiger charge is 2.36.